The van der Waals surface area contributed by atoms with Gasteiger partial charge in [0.25, 0.3) is 0 Å². The van der Waals surface area contributed by atoms with E-state index in [0.29, 0.717) is 25.2 Å². The lowest BCUT2D eigenvalue weighted by Gasteiger charge is -2.34. The fourth-order valence-corrected chi connectivity index (χ4v) is 4.55. The van der Waals surface area contributed by atoms with Crippen LogP contribution in [-0.4, -0.2) is 53.3 Å². The smallest absolute Gasteiger partial charge is 0.234 e. The summed E-state index contributed by atoms with van der Waals surface area (Å²) >= 11 is 1.66. The van der Waals surface area contributed by atoms with Gasteiger partial charge in [-0.25, -0.2) is 0 Å². The molecule has 0 spiro atoms. The number of hydrogen-bond acceptors (Lipinski definition) is 4. The quantitative estimate of drug-likeness (QED) is 0.893. The Morgan fingerprint density at radius 1 is 1.26 bits per heavy atom. The van der Waals surface area contributed by atoms with Crippen LogP contribution in [0.15, 0.2) is 17.5 Å². The molecule has 6 heteroatoms. The molecule has 2 fully saturated rings. The molecule has 1 aromatic heterocycles. The van der Waals surface area contributed by atoms with Crippen LogP contribution in [0.1, 0.15) is 37.5 Å². The Morgan fingerprint density at radius 3 is 2.78 bits per heavy atom. The Labute approximate surface area is 141 Å². The highest BCUT2D eigenvalue weighted by atomic mass is 32.1. The average Bonchev–Trinajstić information content (AvgIpc) is 3.25. The van der Waals surface area contributed by atoms with E-state index in [2.05, 4.69) is 10.2 Å². The molecule has 0 unspecified atom stereocenters. The summed E-state index contributed by atoms with van der Waals surface area (Å²) in [4.78, 5) is 29.5. The van der Waals surface area contributed by atoms with Gasteiger partial charge in [-0.2, -0.15) is 0 Å². The molecular weight excluding hydrogens is 310 g/mol. The normalized spacial score (nSPS) is 25.0. The molecule has 2 aliphatic rings. The molecule has 126 valence electrons. The van der Waals surface area contributed by atoms with Crippen molar-refractivity contribution in [3.8, 4) is 0 Å². The summed E-state index contributed by atoms with van der Waals surface area (Å²) < 4.78 is 0. The summed E-state index contributed by atoms with van der Waals surface area (Å²) in [5, 5.41) is 5.03. The van der Waals surface area contributed by atoms with Crippen LogP contribution in [0, 0.1) is 0 Å². The van der Waals surface area contributed by atoms with Crippen molar-refractivity contribution in [2.75, 3.05) is 19.6 Å². The van der Waals surface area contributed by atoms with Crippen molar-refractivity contribution in [3.63, 3.8) is 0 Å². The van der Waals surface area contributed by atoms with E-state index in [1.807, 2.05) is 22.4 Å². The zero-order chi connectivity index (χ0) is 16.2. The van der Waals surface area contributed by atoms with Gasteiger partial charge < -0.3 is 10.2 Å². The number of amides is 2. The van der Waals surface area contributed by atoms with Gasteiger partial charge in [0.2, 0.25) is 11.8 Å². The minimum atomic E-state index is 0.0812. The van der Waals surface area contributed by atoms with E-state index in [0.717, 1.165) is 38.8 Å². The van der Waals surface area contributed by atoms with Gasteiger partial charge in [-0.05, 0) is 43.7 Å². The molecule has 0 saturated carbocycles. The van der Waals surface area contributed by atoms with Gasteiger partial charge in [0, 0.05) is 30.4 Å². The largest absolute Gasteiger partial charge is 0.350 e. The van der Waals surface area contributed by atoms with Crippen LogP contribution in [0.5, 0.6) is 0 Å². The minimum absolute atomic E-state index is 0.0812. The first-order valence-corrected chi connectivity index (χ1v) is 9.33. The molecule has 0 bridgehead atoms. The van der Waals surface area contributed by atoms with Crippen molar-refractivity contribution in [2.24, 2.45) is 0 Å². The molecular formula is C17H25N3O2S. The molecule has 0 radical (unpaired) electrons. The van der Waals surface area contributed by atoms with Gasteiger partial charge in [0.05, 0.1) is 13.1 Å². The fraction of sp³-hybridized carbons (Fsp3) is 0.647. The maximum Gasteiger partial charge on any atom is 0.234 e. The summed E-state index contributed by atoms with van der Waals surface area (Å²) in [6.45, 7) is 4.54. The Kier molecular flexibility index (Phi) is 5.33. The molecule has 3 heterocycles. The Balaban J connectivity index is 1.54. The first-order chi connectivity index (χ1) is 11.1. The van der Waals surface area contributed by atoms with Crippen molar-refractivity contribution in [2.45, 2.75) is 51.2 Å². The molecule has 23 heavy (non-hydrogen) atoms. The lowest BCUT2D eigenvalue weighted by Crippen LogP contribution is -2.50. The molecule has 2 aliphatic heterocycles. The average molecular weight is 335 g/mol. The van der Waals surface area contributed by atoms with Crippen molar-refractivity contribution < 1.29 is 9.59 Å². The van der Waals surface area contributed by atoms with Crippen LogP contribution in [0.25, 0.3) is 0 Å². The highest BCUT2D eigenvalue weighted by molar-refractivity contribution is 7.09. The fourth-order valence-electron chi connectivity index (χ4n) is 3.91. The minimum Gasteiger partial charge on any atom is -0.350 e. The predicted molar refractivity (Wildman–Crippen MR) is 91.2 cm³/mol. The number of nitrogens with one attached hydrogen (secondary N) is 1. The molecule has 0 aromatic carbocycles. The van der Waals surface area contributed by atoms with Gasteiger partial charge in [-0.3, -0.25) is 14.5 Å². The molecule has 2 amide bonds. The van der Waals surface area contributed by atoms with E-state index in [-0.39, 0.29) is 11.8 Å². The Hall–Kier alpha value is -1.40. The summed E-state index contributed by atoms with van der Waals surface area (Å²) in [5.74, 6) is 0.249. The standard InChI is InChI=1S/C17H25N3O2S/c1-13(21)20-9-3-7-16(20)15-6-2-8-19(15)12-17(22)18-11-14-5-4-10-23-14/h4-5,10,15-16H,2-3,6-9,11-12H2,1H3,(H,18,22)/t15-,16-/m0/s1. The topological polar surface area (TPSA) is 52.7 Å². The molecule has 1 aromatic rings. The predicted octanol–water partition coefficient (Wildman–Crippen LogP) is 1.84. The SMILES string of the molecule is CC(=O)N1CCC[C@H]1[C@@H]1CCCN1CC(=O)NCc1cccs1. The summed E-state index contributed by atoms with van der Waals surface area (Å²) in [7, 11) is 0. The number of carbonyl (C=O) groups is 2. The lowest BCUT2D eigenvalue weighted by molar-refractivity contribution is -0.130. The summed E-state index contributed by atoms with van der Waals surface area (Å²) in [6, 6.07) is 4.67. The van der Waals surface area contributed by atoms with E-state index in [9.17, 15) is 9.59 Å². The molecule has 2 saturated heterocycles. The van der Waals surface area contributed by atoms with Gasteiger partial charge in [0.15, 0.2) is 0 Å². The van der Waals surface area contributed by atoms with Crippen molar-refractivity contribution >= 4 is 23.2 Å². The summed E-state index contributed by atoms with van der Waals surface area (Å²) in [5.41, 5.74) is 0. The van der Waals surface area contributed by atoms with Crippen LogP contribution >= 0.6 is 11.3 Å². The monoisotopic (exact) mass is 335 g/mol. The molecule has 5 nitrogen and oxygen atoms in total. The van der Waals surface area contributed by atoms with E-state index in [4.69, 9.17) is 0 Å². The number of thiophene rings is 1. The molecule has 2 atom stereocenters. The third kappa shape index (κ3) is 3.93. The van der Waals surface area contributed by atoms with E-state index >= 15 is 0 Å². The number of nitrogens with zero attached hydrogens (tertiary/aromatic N) is 2. The molecule has 1 N–H and O–H groups in total. The maximum absolute atomic E-state index is 12.2. The molecule has 3 rings (SSSR count). The Morgan fingerprint density at radius 2 is 2.04 bits per heavy atom. The van der Waals surface area contributed by atoms with Crippen molar-refractivity contribution in [1.29, 1.82) is 0 Å². The number of carbonyl (C=O) groups excluding carboxylic acids is 2. The second kappa shape index (κ2) is 7.45. The highest BCUT2D eigenvalue weighted by Crippen LogP contribution is 2.29. The van der Waals surface area contributed by atoms with Crippen LogP contribution in [0.4, 0.5) is 0 Å². The summed E-state index contributed by atoms with van der Waals surface area (Å²) in [6.07, 6.45) is 4.36. The van der Waals surface area contributed by atoms with Crippen molar-refractivity contribution in [1.82, 2.24) is 15.1 Å². The van der Waals surface area contributed by atoms with Crippen LogP contribution in [0.2, 0.25) is 0 Å². The second-order valence-electron chi connectivity index (χ2n) is 6.46. The van der Waals surface area contributed by atoms with Crippen LogP contribution in [0.3, 0.4) is 0 Å². The van der Waals surface area contributed by atoms with Gasteiger partial charge in [-0.15, -0.1) is 11.3 Å². The number of likely N-dealkylation sites (tertiary alicyclic amines) is 2. The highest BCUT2D eigenvalue weighted by Gasteiger charge is 2.39. The third-order valence-electron chi connectivity index (χ3n) is 4.95. The van der Waals surface area contributed by atoms with Crippen LogP contribution < -0.4 is 5.32 Å². The zero-order valence-corrected chi connectivity index (χ0v) is 14.5. The lowest BCUT2D eigenvalue weighted by atomic mass is 10.0. The van der Waals surface area contributed by atoms with E-state index in [1.165, 1.54) is 4.88 Å². The van der Waals surface area contributed by atoms with E-state index < -0.39 is 0 Å². The van der Waals surface area contributed by atoms with Gasteiger partial charge >= 0.3 is 0 Å². The maximum atomic E-state index is 12.2. The van der Waals surface area contributed by atoms with Gasteiger partial charge in [0.1, 0.15) is 0 Å². The van der Waals surface area contributed by atoms with Crippen LogP contribution in [-0.2, 0) is 16.1 Å². The van der Waals surface area contributed by atoms with Crippen molar-refractivity contribution in [3.05, 3.63) is 22.4 Å². The van der Waals surface area contributed by atoms with E-state index in [1.54, 1.807) is 18.3 Å². The Bertz CT molecular complexity index is 546. The first-order valence-electron chi connectivity index (χ1n) is 8.45. The molecule has 0 aliphatic carbocycles. The second-order valence-corrected chi connectivity index (χ2v) is 7.49. The van der Waals surface area contributed by atoms with Gasteiger partial charge in [-0.1, -0.05) is 6.07 Å². The number of hydrogen-bond donors (Lipinski definition) is 1. The first kappa shape index (κ1) is 16.5. The zero-order valence-electron chi connectivity index (χ0n) is 13.7. The third-order valence-corrected chi connectivity index (χ3v) is 5.83. The number of rotatable bonds is 5.